The number of nitrogens with zero attached hydrogens (tertiary/aromatic N) is 3. The monoisotopic (exact) mass is 647 g/mol. The molecule has 0 saturated carbocycles. The van der Waals surface area contributed by atoms with Crippen molar-refractivity contribution in [3.05, 3.63) is 75.1 Å². The summed E-state index contributed by atoms with van der Waals surface area (Å²) in [6.07, 6.45) is -8.74. The fourth-order valence-electron chi connectivity index (χ4n) is 2.33. The molecule has 0 fully saturated rings. The summed E-state index contributed by atoms with van der Waals surface area (Å²) in [5, 5.41) is 31.8. The zero-order valence-corrected chi connectivity index (χ0v) is 21.9. The van der Waals surface area contributed by atoms with Crippen molar-refractivity contribution in [3.63, 3.8) is 0 Å². The van der Waals surface area contributed by atoms with Gasteiger partial charge < -0.3 is 25.6 Å². The van der Waals surface area contributed by atoms with Gasteiger partial charge in [-0.25, -0.2) is 14.6 Å². The average molecular weight is 648 g/mol. The van der Waals surface area contributed by atoms with Crippen molar-refractivity contribution >= 4 is 58.0 Å². The normalized spacial score (nSPS) is 10.7. The van der Waals surface area contributed by atoms with Crippen LogP contribution in [0.1, 0.15) is 0 Å². The van der Waals surface area contributed by atoms with Crippen molar-refractivity contribution in [3.8, 4) is 5.75 Å². The summed E-state index contributed by atoms with van der Waals surface area (Å²) in [7, 11) is 0. The van der Waals surface area contributed by atoms with Crippen LogP contribution >= 0.6 is 23.2 Å². The highest BCUT2D eigenvalue weighted by Gasteiger charge is 2.38. The van der Waals surface area contributed by atoms with Crippen LogP contribution in [-0.2, 0) is 9.59 Å². The summed E-state index contributed by atoms with van der Waals surface area (Å²) >= 11 is 11.8. The van der Waals surface area contributed by atoms with Crippen molar-refractivity contribution in [2.75, 3.05) is 23.8 Å². The van der Waals surface area contributed by atoms with E-state index in [1.54, 1.807) is 12.1 Å². The second-order valence-electron chi connectivity index (χ2n) is 7.18. The molecule has 0 bridgehead atoms. The van der Waals surface area contributed by atoms with Gasteiger partial charge in [-0.3, -0.25) is 10.1 Å². The Balaban J connectivity index is 0.000000522. The molecule has 0 unspecified atom stereocenters. The van der Waals surface area contributed by atoms with Crippen molar-refractivity contribution in [1.82, 2.24) is 9.97 Å². The lowest BCUT2D eigenvalue weighted by molar-refractivity contribution is -0.384. The predicted octanol–water partition coefficient (Wildman–Crippen LogP) is 6.19. The number of non-ortho nitro benzene ring substituents is 1. The van der Waals surface area contributed by atoms with E-state index < -0.39 is 29.2 Å². The van der Waals surface area contributed by atoms with E-state index in [0.717, 1.165) is 11.4 Å². The number of rotatable bonds is 8. The zero-order valence-electron chi connectivity index (χ0n) is 20.4. The van der Waals surface area contributed by atoms with Crippen molar-refractivity contribution in [2.24, 2.45) is 0 Å². The highest BCUT2D eigenvalue weighted by atomic mass is 35.5. The van der Waals surface area contributed by atoms with Crippen LogP contribution < -0.4 is 15.4 Å². The largest absolute Gasteiger partial charge is 0.491 e. The molecule has 1 heterocycles. The Bertz CT molecular complexity index is 1360. The van der Waals surface area contributed by atoms with Crippen LogP contribution in [0.15, 0.2) is 54.7 Å². The number of anilines is 3. The molecule has 1 aromatic heterocycles. The SMILES string of the molecule is O=C(O)C(F)(F)F.O=C(O)C(F)(F)F.O=[N+]([O-])c1cccc(OCCNc2cccc(Nc3nc(Cl)ncc3Cl)c2)c1. The number of carboxylic acid groups (broad SMARTS) is 2. The summed E-state index contributed by atoms with van der Waals surface area (Å²) in [6.45, 7) is 0.846. The summed E-state index contributed by atoms with van der Waals surface area (Å²) in [4.78, 5) is 36.0. The molecular formula is C22H17Cl2F6N5O7. The smallest absolute Gasteiger partial charge is 0.490 e. The molecule has 3 rings (SSSR count). The van der Waals surface area contributed by atoms with Crippen LogP contribution in [0.2, 0.25) is 10.3 Å². The highest BCUT2D eigenvalue weighted by molar-refractivity contribution is 6.33. The second-order valence-corrected chi connectivity index (χ2v) is 7.92. The number of hydrogen-bond acceptors (Lipinski definition) is 9. The average Bonchev–Trinajstić information content (AvgIpc) is 2.89. The lowest BCUT2D eigenvalue weighted by Gasteiger charge is -2.11. The van der Waals surface area contributed by atoms with E-state index in [4.69, 9.17) is 47.7 Å². The lowest BCUT2D eigenvalue weighted by Crippen LogP contribution is -2.21. The number of alkyl halides is 6. The van der Waals surface area contributed by atoms with Gasteiger partial charge in [0, 0.05) is 24.0 Å². The third-order valence-corrected chi connectivity index (χ3v) is 4.51. The van der Waals surface area contributed by atoms with Gasteiger partial charge in [-0.15, -0.1) is 0 Å². The van der Waals surface area contributed by atoms with Gasteiger partial charge in [0.1, 0.15) is 17.4 Å². The van der Waals surface area contributed by atoms with Crippen molar-refractivity contribution in [2.45, 2.75) is 12.4 Å². The molecule has 20 heteroatoms. The molecule has 42 heavy (non-hydrogen) atoms. The number of aliphatic carboxylic acids is 2. The molecule has 0 saturated heterocycles. The molecule has 0 amide bonds. The first-order valence-corrected chi connectivity index (χ1v) is 11.4. The Kier molecular flexibility index (Phi) is 13.5. The molecule has 2 aromatic carbocycles. The van der Waals surface area contributed by atoms with E-state index in [1.807, 2.05) is 24.3 Å². The van der Waals surface area contributed by atoms with E-state index >= 15 is 0 Å². The first-order chi connectivity index (χ1) is 19.4. The minimum atomic E-state index is -5.08. The number of nitro groups is 1. The molecule has 3 aromatic rings. The number of ether oxygens (including phenoxy) is 1. The molecule has 0 atom stereocenters. The Hall–Kier alpha value is -4.58. The minimum absolute atomic E-state index is 0.00674. The third kappa shape index (κ3) is 13.7. The number of nitro benzene ring substituents is 1. The molecule has 4 N–H and O–H groups in total. The Morgan fingerprint density at radius 3 is 2.05 bits per heavy atom. The number of halogens is 8. The van der Waals surface area contributed by atoms with Gasteiger partial charge in [0.05, 0.1) is 17.2 Å². The highest BCUT2D eigenvalue weighted by Crippen LogP contribution is 2.25. The van der Waals surface area contributed by atoms with Crippen LogP contribution in [0.4, 0.5) is 49.2 Å². The van der Waals surface area contributed by atoms with E-state index in [-0.39, 0.29) is 11.0 Å². The van der Waals surface area contributed by atoms with Crippen molar-refractivity contribution in [1.29, 1.82) is 0 Å². The number of carbonyl (C=O) groups is 2. The van der Waals surface area contributed by atoms with Crippen LogP contribution in [0.3, 0.4) is 0 Å². The summed E-state index contributed by atoms with van der Waals surface area (Å²) in [6, 6.07) is 13.6. The number of nitrogens with one attached hydrogen (secondary N) is 2. The molecule has 228 valence electrons. The van der Waals surface area contributed by atoms with E-state index in [9.17, 15) is 36.5 Å². The van der Waals surface area contributed by atoms with Gasteiger partial charge in [-0.05, 0) is 35.9 Å². The molecule has 0 radical (unpaired) electrons. The molecule has 0 aliphatic rings. The minimum Gasteiger partial charge on any atom is -0.491 e. The fourth-order valence-corrected chi connectivity index (χ4v) is 2.60. The van der Waals surface area contributed by atoms with Crippen LogP contribution in [0.25, 0.3) is 0 Å². The maximum Gasteiger partial charge on any atom is 0.490 e. The Labute approximate surface area is 241 Å². The number of carboxylic acids is 2. The van der Waals surface area contributed by atoms with Gasteiger partial charge in [0.2, 0.25) is 5.28 Å². The van der Waals surface area contributed by atoms with E-state index in [0.29, 0.717) is 29.7 Å². The predicted molar refractivity (Wildman–Crippen MR) is 136 cm³/mol. The van der Waals surface area contributed by atoms with Gasteiger partial charge in [-0.1, -0.05) is 23.7 Å². The summed E-state index contributed by atoms with van der Waals surface area (Å²) in [5.74, 6) is -4.66. The first-order valence-electron chi connectivity index (χ1n) is 10.7. The molecule has 0 aliphatic carbocycles. The topological polar surface area (TPSA) is 177 Å². The first kappa shape index (κ1) is 35.4. The maximum atomic E-state index is 10.8. The quantitative estimate of drug-likeness (QED) is 0.0720. The fraction of sp³-hybridized carbons (Fsp3) is 0.182. The number of hydrogen-bond donors (Lipinski definition) is 4. The molecule has 12 nitrogen and oxygen atoms in total. The van der Waals surface area contributed by atoms with E-state index in [1.165, 1.54) is 18.3 Å². The van der Waals surface area contributed by atoms with E-state index in [2.05, 4.69) is 20.6 Å². The van der Waals surface area contributed by atoms with Crippen LogP contribution in [-0.4, -0.2) is 62.5 Å². The van der Waals surface area contributed by atoms with Gasteiger partial charge in [0.25, 0.3) is 5.69 Å². The van der Waals surface area contributed by atoms with Gasteiger partial charge in [0.15, 0.2) is 5.82 Å². The van der Waals surface area contributed by atoms with Gasteiger partial charge >= 0.3 is 24.3 Å². The Morgan fingerprint density at radius 2 is 1.50 bits per heavy atom. The standard InChI is InChI=1S/C18H15Cl2N5O3.2C2HF3O2/c19-16-11-22-18(20)24-17(16)23-13-4-1-3-12(9-13)21-7-8-28-15-6-2-5-14(10-15)25(26)27;2*3-2(4,5)1(6)7/h1-6,9-11,21H,7-8H2,(H,22,23,24);2*(H,6,7). The maximum absolute atomic E-state index is 10.8. The molecule has 0 aliphatic heterocycles. The van der Waals surface area contributed by atoms with Gasteiger partial charge in [-0.2, -0.15) is 31.3 Å². The number of aromatic nitrogens is 2. The zero-order chi connectivity index (χ0) is 32.1. The summed E-state index contributed by atoms with van der Waals surface area (Å²) < 4.78 is 69.0. The van der Waals surface area contributed by atoms with Crippen LogP contribution in [0.5, 0.6) is 5.75 Å². The number of benzene rings is 2. The third-order valence-electron chi connectivity index (χ3n) is 4.05. The van der Waals surface area contributed by atoms with Crippen molar-refractivity contribution < 1.29 is 55.8 Å². The Morgan fingerprint density at radius 1 is 0.952 bits per heavy atom. The lowest BCUT2D eigenvalue weighted by atomic mass is 10.2. The molecular weight excluding hydrogens is 631 g/mol. The second kappa shape index (κ2) is 16.0. The molecule has 0 spiro atoms. The van der Waals surface area contributed by atoms with Crippen LogP contribution in [0, 0.1) is 10.1 Å². The summed E-state index contributed by atoms with van der Waals surface area (Å²) in [5.41, 5.74) is 1.61.